The van der Waals surface area contributed by atoms with Crippen LogP contribution in [0.2, 0.25) is 0 Å². The van der Waals surface area contributed by atoms with Gasteiger partial charge in [0.25, 0.3) is 0 Å². The smallest absolute Gasteiger partial charge is 0.162 e. The van der Waals surface area contributed by atoms with E-state index in [-0.39, 0.29) is 5.78 Å². The van der Waals surface area contributed by atoms with Gasteiger partial charge in [-0.2, -0.15) is 0 Å². The molecule has 0 radical (unpaired) electrons. The van der Waals surface area contributed by atoms with E-state index in [4.69, 9.17) is 9.26 Å². The van der Waals surface area contributed by atoms with E-state index >= 15 is 0 Å². The average Bonchev–Trinajstić information content (AvgIpc) is 2.90. The number of nitrogens with zero attached hydrogens (tertiary/aromatic N) is 2. The molecule has 0 aliphatic carbocycles. The number of carbonyl (C=O) groups is 1. The number of aromatic nitrogens is 1. The molecular weight excluding hydrogens is 232 g/mol. The summed E-state index contributed by atoms with van der Waals surface area (Å²) in [6.45, 7) is 3.89. The fraction of sp³-hybridized carbons (Fsp3) is 0.692. The van der Waals surface area contributed by atoms with Crippen molar-refractivity contribution in [1.82, 2.24) is 10.1 Å². The maximum atomic E-state index is 11.2. The molecule has 1 aliphatic heterocycles. The van der Waals surface area contributed by atoms with Gasteiger partial charge in [-0.1, -0.05) is 5.16 Å². The molecule has 1 unspecified atom stereocenters. The number of hydrogen-bond donors (Lipinski definition) is 0. The minimum atomic E-state index is 0.257. The third-order valence-electron chi connectivity index (χ3n) is 3.28. The Bertz CT molecular complexity index is 403. The molecule has 5 heteroatoms. The minimum Gasteiger partial charge on any atom is -0.377 e. The van der Waals surface area contributed by atoms with Gasteiger partial charge < -0.3 is 9.26 Å². The van der Waals surface area contributed by atoms with Gasteiger partial charge in [0.1, 0.15) is 12.4 Å². The summed E-state index contributed by atoms with van der Waals surface area (Å²) >= 11 is 0. The summed E-state index contributed by atoms with van der Waals surface area (Å²) in [5.74, 6) is 1.00. The van der Waals surface area contributed by atoms with Gasteiger partial charge in [-0.05, 0) is 26.3 Å². The Labute approximate surface area is 107 Å². The van der Waals surface area contributed by atoms with Crippen molar-refractivity contribution < 1.29 is 14.1 Å². The van der Waals surface area contributed by atoms with Gasteiger partial charge in [-0.15, -0.1) is 0 Å². The molecule has 2 heterocycles. The van der Waals surface area contributed by atoms with Crippen LogP contribution in [0.4, 0.5) is 0 Å². The van der Waals surface area contributed by atoms with Crippen LogP contribution in [0.15, 0.2) is 10.6 Å². The highest BCUT2D eigenvalue weighted by atomic mass is 16.5. The van der Waals surface area contributed by atoms with E-state index in [2.05, 4.69) is 10.1 Å². The molecule has 0 amide bonds. The predicted molar refractivity (Wildman–Crippen MR) is 65.9 cm³/mol. The summed E-state index contributed by atoms with van der Waals surface area (Å²) in [4.78, 5) is 13.5. The van der Waals surface area contributed by atoms with Crippen LogP contribution in [0.25, 0.3) is 0 Å². The number of rotatable bonds is 6. The Morgan fingerprint density at radius 2 is 2.50 bits per heavy atom. The van der Waals surface area contributed by atoms with Gasteiger partial charge in [0.2, 0.25) is 0 Å². The zero-order valence-corrected chi connectivity index (χ0v) is 11.0. The molecular formula is C13H20N2O3. The first-order valence-electron chi connectivity index (χ1n) is 6.36. The Hall–Kier alpha value is -1.20. The fourth-order valence-corrected chi connectivity index (χ4v) is 2.51. The van der Waals surface area contributed by atoms with Gasteiger partial charge in [0.05, 0.1) is 5.69 Å². The van der Waals surface area contributed by atoms with E-state index in [1.165, 1.54) is 0 Å². The maximum absolute atomic E-state index is 11.2. The van der Waals surface area contributed by atoms with Crippen molar-refractivity contribution in [2.45, 2.75) is 45.4 Å². The molecule has 1 aromatic heterocycles. The van der Waals surface area contributed by atoms with E-state index in [1.807, 2.05) is 6.07 Å². The first kappa shape index (κ1) is 13.2. The summed E-state index contributed by atoms with van der Waals surface area (Å²) < 4.78 is 10.2. The fourth-order valence-electron chi connectivity index (χ4n) is 2.51. The largest absolute Gasteiger partial charge is 0.377 e. The number of ether oxygens (including phenoxy) is 1. The predicted octanol–water partition coefficient (Wildman–Crippen LogP) is 1.76. The first-order chi connectivity index (χ1) is 8.69. The number of Topliss-reactive ketones (excluding diaryl/α,β-unsaturated/α-hetero) is 1. The van der Waals surface area contributed by atoms with Crippen molar-refractivity contribution in [2.24, 2.45) is 0 Å². The number of ketones is 1. The molecule has 1 saturated heterocycles. The van der Waals surface area contributed by atoms with Crippen LogP contribution in [0.3, 0.4) is 0 Å². The summed E-state index contributed by atoms with van der Waals surface area (Å²) in [5.41, 5.74) is 0.914. The standard InChI is InChI=1S/C13H20N2O3/c1-10(16)6-12-4-3-5-15(12)8-11-7-13(9-17-2)18-14-11/h7,12H,3-6,8-9H2,1-2H3. The van der Waals surface area contributed by atoms with Crippen LogP contribution < -0.4 is 0 Å². The van der Waals surface area contributed by atoms with Crippen molar-refractivity contribution in [3.05, 3.63) is 17.5 Å². The molecule has 1 atom stereocenters. The zero-order valence-electron chi connectivity index (χ0n) is 11.0. The highest BCUT2D eigenvalue weighted by molar-refractivity contribution is 5.76. The Morgan fingerprint density at radius 1 is 1.67 bits per heavy atom. The SMILES string of the molecule is COCc1cc(CN2CCCC2CC(C)=O)no1. The molecule has 0 bridgehead atoms. The summed E-state index contributed by atoms with van der Waals surface area (Å²) in [6, 6.07) is 2.29. The van der Waals surface area contributed by atoms with Gasteiger partial charge in [-0.25, -0.2) is 0 Å². The second kappa shape index (κ2) is 6.11. The molecule has 100 valence electrons. The van der Waals surface area contributed by atoms with Gasteiger partial charge in [0.15, 0.2) is 5.76 Å². The molecule has 0 N–H and O–H groups in total. The van der Waals surface area contributed by atoms with Crippen LogP contribution >= 0.6 is 0 Å². The lowest BCUT2D eigenvalue weighted by Gasteiger charge is -2.22. The van der Waals surface area contributed by atoms with Gasteiger partial charge >= 0.3 is 0 Å². The van der Waals surface area contributed by atoms with Crippen LogP contribution in [0, 0.1) is 0 Å². The van der Waals surface area contributed by atoms with Gasteiger partial charge in [-0.3, -0.25) is 9.69 Å². The van der Waals surface area contributed by atoms with Crippen LogP contribution in [-0.4, -0.2) is 35.5 Å². The quantitative estimate of drug-likeness (QED) is 0.772. The van der Waals surface area contributed by atoms with Crippen LogP contribution in [0.5, 0.6) is 0 Å². The van der Waals surface area contributed by atoms with Crippen molar-refractivity contribution in [3.8, 4) is 0 Å². The molecule has 1 aliphatic rings. The number of methoxy groups -OCH3 is 1. The highest BCUT2D eigenvalue weighted by Crippen LogP contribution is 2.22. The topological polar surface area (TPSA) is 55.6 Å². The van der Waals surface area contributed by atoms with Crippen molar-refractivity contribution >= 4 is 5.78 Å². The van der Waals surface area contributed by atoms with Crippen molar-refractivity contribution in [2.75, 3.05) is 13.7 Å². The molecule has 0 aromatic carbocycles. The molecule has 0 spiro atoms. The average molecular weight is 252 g/mol. The lowest BCUT2D eigenvalue weighted by molar-refractivity contribution is -0.118. The second-order valence-corrected chi connectivity index (χ2v) is 4.89. The maximum Gasteiger partial charge on any atom is 0.162 e. The monoisotopic (exact) mass is 252 g/mol. The summed E-state index contributed by atoms with van der Waals surface area (Å²) in [6.07, 6.45) is 2.89. The van der Waals surface area contributed by atoms with Crippen LogP contribution in [-0.2, 0) is 22.7 Å². The molecule has 1 fully saturated rings. The lowest BCUT2D eigenvalue weighted by atomic mass is 10.1. The van der Waals surface area contributed by atoms with Gasteiger partial charge in [0, 0.05) is 32.2 Å². The molecule has 1 aromatic rings. The third kappa shape index (κ3) is 3.40. The van der Waals surface area contributed by atoms with E-state index in [0.29, 0.717) is 19.1 Å². The number of likely N-dealkylation sites (tertiary alicyclic amines) is 1. The Balaban J connectivity index is 1.92. The molecule has 0 saturated carbocycles. The number of carbonyl (C=O) groups excluding carboxylic acids is 1. The van der Waals surface area contributed by atoms with E-state index in [0.717, 1.165) is 37.4 Å². The van der Waals surface area contributed by atoms with E-state index in [1.54, 1.807) is 14.0 Å². The Morgan fingerprint density at radius 3 is 3.22 bits per heavy atom. The zero-order chi connectivity index (χ0) is 13.0. The number of hydrogen-bond acceptors (Lipinski definition) is 5. The normalized spacial score (nSPS) is 20.4. The minimum absolute atomic E-state index is 0.257. The van der Waals surface area contributed by atoms with Crippen molar-refractivity contribution in [1.29, 1.82) is 0 Å². The second-order valence-electron chi connectivity index (χ2n) is 4.89. The highest BCUT2D eigenvalue weighted by Gasteiger charge is 2.26. The molecule has 5 nitrogen and oxygen atoms in total. The van der Waals surface area contributed by atoms with E-state index in [9.17, 15) is 4.79 Å². The molecule has 18 heavy (non-hydrogen) atoms. The third-order valence-corrected chi connectivity index (χ3v) is 3.28. The Kier molecular flexibility index (Phi) is 4.49. The van der Waals surface area contributed by atoms with E-state index < -0.39 is 0 Å². The van der Waals surface area contributed by atoms with Crippen LogP contribution in [0.1, 0.15) is 37.6 Å². The molecule has 2 rings (SSSR count). The lowest BCUT2D eigenvalue weighted by Crippen LogP contribution is -2.30. The first-order valence-corrected chi connectivity index (χ1v) is 6.36. The van der Waals surface area contributed by atoms with Crippen molar-refractivity contribution in [3.63, 3.8) is 0 Å². The summed E-state index contributed by atoms with van der Waals surface area (Å²) in [7, 11) is 1.63. The summed E-state index contributed by atoms with van der Waals surface area (Å²) in [5, 5.41) is 4.03.